The number of hydrogen-bond donors (Lipinski definition) is 2. The predicted octanol–water partition coefficient (Wildman–Crippen LogP) is 5.33. The number of aryl methyl sites for hydroxylation is 1. The third-order valence-corrected chi connectivity index (χ3v) is 4.36. The Kier molecular flexibility index (Phi) is 5.66. The van der Waals surface area contributed by atoms with E-state index >= 15 is 0 Å². The van der Waals surface area contributed by atoms with Crippen molar-refractivity contribution in [2.75, 3.05) is 5.32 Å². The first-order valence-corrected chi connectivity index (χ1v) is 8.85. The number of benzene rings is 3. The van der Waals surface area contributed by atoms with Gasteiger partial charge in [0.25, 0.3) is 0 Å². The van der Waals surface area contributed by atoms with Crippen LogP contribution in [0.3, 0.4) is 0 Å². The monoisotopic (exact) mass is 380 g/mol. The fourth-order valence-corrected chi connectivity index (χ4v) is 2.98. The molecule has 130 valence electrons. The maximum Gasteiger partial charge on any atom is 0.250 e. The molecule has 3 nitrogen and oxygen atoms in total. The molecule has 0 aliphatic heterocycles. The minimum atomic E-state index is -0.296. The zero-order chi connectivity index (χ0) is 18.5. The number of amides is 1. The van der Waals surface area contributed by atoms with Crippen LogP contribution >= 0.6 is 23.8 Å². The maximum absolute atomic E-state index is 12.2. The number of halogens is 1. The zero-order valence-corrected chi connectivity index (χ0v) is 15.7. The van der Waals surface area contributed by atoms with Crippen molar-refractivity contribution in [1.82, 2.24) is 5.32 Å². The minimum absolute atomic E-state index is 0.225. The summed E-state index contributed by atoms with van der Waals surface area (Å²) < 4.78 is 0. The van der Waals surface area contributed by atoms with Gasteiger partial charge in [0.15, 0.2) is 5.11 Å². The summed E-state index contributed by atoms with van der Waals surface area (Å²) in [6.45, 7) is 1.93. The third-order valence-electron chi connectivity index (χ3n) is 3.92. The summed E-state index contributed by atoms with van der Waals surface area (Å²) in [5.41, 5.74) is 2.72. The van der Waals surface area contributed by atoms with Gasteiger partial charge in [0.05, 0.1) is 0 Å². The molecule has 5 heteroatoms. The first kappa shape index (κ1) is 18.1. The molecule has 26 heavy (non-hydrogen) atoms. The van der Waals surface area contributed by atoms with Crippen LogP contribution in [-0.2, 0) is 4.79 Å². The standard InChI is InChI=1S/C21H17ClN2OS/c1-14-9-11-17(22)13-19(14)23-21(26)24-20(25)12-10-16-7-4-6-15-5-2-3-8-18(15)16/h2-13H,1H3,(H2,23,24,25,26). The lowest BCUT2D eigenvalue weighted by Crippen LogP contribution is -2.33. The normalized spacial score (nSPS) is 10.8. The maximum atomic E-state index is 12.2. The van der Waals surface area contributed by atoms with Gasteiger partial charge < -0.3 is 5.32 Å². The SMILES string of the molecule is Cc1ccc(Cl)cc1NC(=S)NC(=O)C=Cc1cccc2ccccc12. The molecule has 3 aromatic rings. The second-order valence-corrected chi connectivity index (χ2v) is 6.65. The minimum Gasteiger partial charge on any atom is -0.332 e. The lowest BCUT2D eigenvalue weighted by Gasteiger charge is -2.11. The van der Waals surface area contributed by atoms with Gasteiger partial charge in [-0.1, -0.05) is 60.1 Å². The number of hydrogen-bond acceptors (Lipinski definition) is 2. The second-order valence-electron chi connectivity index (χ2n) is 5.80. The van der Waals surface area contributed by atoms with Crippen molar-refractivity contribution < 1.29 is 4.79 Å². The summed E-state index contributed by atoms with van der Waals surface area (Å²) in [6, 6.07) is 19.5. The Hall–Kier alpha value is -2.69. The van der Waals surface area contributed by atoms with Gasteiger partial charge in [-0.2, -0.15) is 0 Å². The molecule has 0 fully saturated rings. The van der Waals surface area contributed by atoms with Gasteiger partial charge in [-0.25, -0.2) is 0 Å². The second kappa shape index (κ2) is 8.13. The van der Waals surface area contributed by atoms with Crippen LogP contribution in [0.25, 0.3) is 16.8 Å². The van der Waals surface area contributed by atoms with Crippen molar-refractivity contribution in [2.24, 2.45) is 0 Å². The van der Waals surface area contributed by atoms with Gasteiger partial charge in [-0.05, 0) is 59.2 Å². The van der Waals surface area contributed by atoms with Crippen molar-refractivity contribution in [3.05, 3.63) is 82.9 Å². The fourth-order valence-electron chi connectivity index (χ4n) is 2.60. The molecule has 1 amide bonds. The summed E-state index contributed by atoms with van der Waals surface area (Å²) in [4.78, 5) is 12.2. The van der Waals surface area contributed by atoms with Crippen LogP contribution in [-0.4, -0.2) is 11.0 Å². The van der Waals surface area contributed by atoms with E-state index in [9.17, 15) is 4.79 Å². The van der Waals surface area contributed by atoms with Crippen molar-refractivity contribution in [2.45, 2.75) is 6.92 Å². The zero-order valence-electron chi connectivity index (χ0n) is 14.1. The molecule has 0 saturated carbocycles. The number of nitrogens with one attached hydrogen (secondary N) is 2. The highest BCUT2D eigenvalue weighted by Gasteiger charge is 2.05. The van der Waals surface area contributed by atoms with Crippen molar-refractivity contribution in [3.63, 3.8) is 0 Å². The quantitative estimate of drug-likeness (QED) is 0.476. The molecule has 0 atom stereocenters. The number of anilines is 1. The van der Waals surface area contributed by atoms with Crippen molar-refractivity contribution in [3.8, 4) is 0 Å². The predicted molar refractivity (Wildman–Crippen MR) is 114 cm³/mol. The van der Waals surface area contributed by atoms with Crippen LogP contribution in [0.1, 0.15) is 11.1 Å². The highest BCUT2D eigenvalue weighted by atomic mass is 35.5. The smallest absolute Gasteiger partial charge is 0.250 e. The average molecular weight is 381 g/mol. The Labute approximate surface area is 162 Å². The number of carbonyl (C=O) groups excluding carboxylic acids is 1. The fraction of sp³-hybridized carbons (Fsp3) is 0.0476. The molecule has 3 aromatic carbocycles. The lowest BCUT2D eigenvalue weighted by atomic mass is 10.0. The molecule has 0 aromatic heterocycles. The van der Waals surface area contributed by atoms with E-state index in [0.717, 1.165) is 27.6 Å². The van der Waals surface area contributed by atoms with Crippen LogP contribution in [0.4, 0.5) is 5.69 Å². The van der Waals surface area contributed by atoms with E-state index in [1.54, 1.807) is 18.2 Å². The Balaban J connectivity index is 1.67. The van der Waals surface area contributed by atoms with E-state index < -0.39 is 0 Å². The van der Waals surface area contributed by atoms with Crippen molar-refractivity contribution in [1.29, 1.82) is 0 Å². The molecule has 2 N–H and O–H groups in total. The molecule has 0 bridgehead atoms. The summed E-state index contributed by atoms with van der Waals surface area (Å²) in [6.07, 6.45) is 3.26. The summed E-state index contributed by atoms with van der Waals surface area (Å²) in [5, 5.41) is 8.68. The van der Waals surface area contributed by atoms with Crippen LogP contribution in [0.15, 0.2) is 66.7 Å². The third kappa shape index (κ3) is 4.48. The van der Waals surface area contributed by atoms with Gasteiger partial charge in [-0.15, -0.1) is 0 Å². The molecule has 3 rings (SSSR count). The first-order chi connectivity index (χ1) is 12.5. The largest absolute Gasteiger partial charge is 0.332 e. The summed E-state index contributed by atoms with van der Waals surface area (Å²) in [7, 11) is 0. The Morgan fingerprint density at radius 1 is 1.08 bits per heavy atom. The molecular weight excluding hydrogens is 364 g/mol. The molecular formula is C21H17ClN2OS. The molecule has 0 spiro atoms. The van der Waals surface area contributed by atoms with E-state index in [1.807, 2.05) is 55.5 Å². The first-order valence-electron chi connectivity index (χ1n) is 8.07. The van der Waals surface area contributed by atoms with Gasteiger partial charge in [-0.3, -0.25) is 10.1 Å². The van der Waals surface area contributed by atoms with Gasteiger partial charge in [0.2, 0.25) is 5.91 Å². The molecule has 0 aliphatic carbocycles. The van der Waals surface area contributed by atoms with E-state index in [-0.39, 0.29) is 11.0 Å². The lowest BCUT2D eigenvalue weighted by molar-refractivity contribution is -0.115. The van der Waals surface area contributed by atoms with Gasteiger partial charge in [0.1, 0.15) is 0 Å². The highest BCUT2D eigenvalue weighted by Crippen LogP contribution is 2.20. The Morgan fingerprint density at radius 2 is 1.85 bits per heavy atom. The molecule has 0 saturated heterocycles. The summed E-state index contributed by atoms with van der Waals surface area (Å²) in [5.74, 6) is -0.296. The van der Waals surface area contributed by atoms with Crippen LogP contribution in [0.2, 0.25) is 5.02 Å². The van der Waals surface area contributed by atoms with E-state index in [2.05, 4.69) is 10.6 Å². The Morgan fingerprint density at radius 3 is 2.69 bits per heavy atom. The average Bonchev–Trinajstić information content (AvgIpc) is 2.63. The van der Waals surface area contributed by atoms with Crippen LogP contribution in [0.5, 0.6) is 0 Å². The van der Waals surface area contributed by atoms with E-state index in [1.165, 1.54) is 6.08 Å². The van der Waals surface area contributed by atoms with Gasteiger partial charge >= 0.3 is 0 Å². The molecule has 0 aliphatic rings. The highest BCUT2D eigenvalue weighted by molar-refractivity contribution is 7.80. The molecule has 0 heterocycles. The Bertz CT molecular complexity index is 1010. The number of thiocarbonyl (C=S) groups is 1. The van der Waals surface area contributed by atoms with E-state index in [0.29, 0.717) is 5.02 Å². The molecule has 0 unspecified atom stereocenters. The topological polar surface area (TPSA) is 41.1 Å². The van der Waals surface area contributed by atoms with Crippen LogP contribution in [0, 0.1) is 6.92 Å². The number of carbonyl (C=O) groups is 1. The van der Waals surface area contributed by atoms with Crippen LogP contribution < -0.4 is 10.6 Å². The van der Waals surface area contributed by atoms with Crippen molar-refractivity contribution >= 4 is 57.4 Å². The van der Waals surface area contributed by atoms with Gasteiger partial charge in [0, 0.05) is 16.8 Å². The molecule has 0 radical (unpaired) electrons. The number of rotatable bonds is 3. The number of fused-ring (bicyclic) bond motifs is 1. The van der Waals surface area contributed by atoms with E-state index in [4.69, 9.17) is 23.8 Å². The summed E-state index contributed by atoms with van der Waals surface area (Å²) >= 11 is 11.2.